The number of carbonyl (C=O) groups excluding carboxylic acids is 1. The highest BCUT2D eigenvalue weighted by Crippen LogP contribution is 2.26. The number of halogens is 2. The Morgan fingerprint density at radius 1 is 0.968 bits per heavy atom. The first-order valence-electron chi connectivity index (χ1n) is 10.4. The molecule has 3 nitrogen and oxygen atoms in total. The van der Waals surface area contributed by atoms with Crippen LogP contribution in [0.25, 0.3) is 0 Å². The smallest absolute Gasteiger partial charge is 0.241 e. The summed E-state index contributed by atoms with van der Waals surface area (Å²) in [6, 6.07) is 20.2. The van der Waals surface area contributed by atoms with Crippen LogP contribution in [0.2, 0.25) is 5.02 Å². The Balaban J connectivity index is 1.90. The first kappa shape index (κ1) is 23.0. The number of carbonyl (C=O) groups is 1. The van der Waals surface area contributed by atoms with E-state index >= 15 is 0 Å². The van der Waals surface area contributed by atoms with Crippen LogP contribution in [0.4, 0.5) is 4.39 Å². The summed E-state index contributed by atoms with van der Waals surface area (Å²) in [5.41, 5.74) is 4.71. The Labute approximate surface area is 188 Å². The molecule has 2 N–H and O–H groups in total. The van der Waals surface area contributed by atoms with E-state index in [4.69, 9.17) is 11.6 Å². The fraction of sp³-hybridized carbons (Fsp3) is 0.269. The minimum Gasteiger partial charge on any atom is -0.358 e. The van der Waals surface area contributed by atoms with Gasteiger partial charge in [0.1, 0.15) is 11.9 Å². The van der Waals surface area contributed by atoms with Gasteiger partial charge in [0.05, 0.1) is 0 Å². The van der Waals surface area contributed by atoms with Crippen molar-refractivity contribution in [3.63, 3.8) is 0 Å². The molecule has 0 aliphatic carbocycles. The second kappa shape index (κ2) is 10.6. The van der Waals surface area contributed by atoms with Gasteiger partial charge in [-0.05, 0) is 67.1 Å². The average Bonchev–Trinajstić information content (AvgIpc) is 2.77. The molecule has 0 bridgehead atoms. The average molecular weight is 439 g/mol. The zero-order chi connectivity index (χ0) is 22.4. The van der Waals surface area contributed by atoms with E-state index in [0.717, 1.165) is 35.1 Å². The van der Waals surface area contributed by atoms with Gasteiger partial charge in [0.25, 0.3) is 0 Å². The van der Waals surface area contributed by atoms with Crippen LogP contribution < -0.4 is 10.6 Å². The Morgan fingerprint density at radius 2 is 1.61 bits per heavy atom. The van der Waals surface area contributed by atoms with Crippen LogP contribution in [-0.4, -0.2) is 13.0 Å². The molecule has 0 aromatic heterocycles. The van der Waals surface area contributed by atoms with Crippen molar-refractivity contribution in [1.82, 2.24) is 10.6 Å². The largest absolute Gasteiger partial charge is 0.358 e. The lowest BCUT2D eigenvalue weighted by Gasteiger charge is -2.26. The van der Waals surface area contributed by atoms with Crippen molar-refractivity contribution in [3.8, 4) is 0 Å². The normalized spacial score (nSPS) is 12.9. The van der Waals surface area contributed by atoms with Gasteiger partial charge in [0.2, 0.25) is 5.91 Å². The van der Waals surface area contributed by atoms with E-state index in [9.17, 15) is 9.18 Å². The molecule has 31 heavy (non-hydrogen) atoms. The van der Waals surface area contributed by atoms with Crippen LogP contribution in [0.15, 0.2) is 66.7 Å². The number of amides is 1. The third kappa shape index (κ3) is 6.16. The van der Waals surface area contributed by atoms with Gasteiger partial charge in [-0.3, -0.25) is 10.1 Å². The molecule has 3 rings (SSSR count). The Morgan fingerprint density at radius 3 is 2.23 bits per heavy atom. The van der Waals surface area contributed by atoms with Crippen molar-refractivity contribution in [1.29, 1.82) is 0 Å². The van der Waals surface area contributed by atoms with E-state index in [0.29, 0.717) is 10.6 Å². The van der Waals surface area contributed by atoms with Gasteiger partial charge in [-0.25, -0.2) is 4.39 Å². The third-order valence-corrected chi connectivity index (χ3v) is 5.76. The number of rotatable bonds is 8. The van der Waals surface area contributed by atoms with Crippen LogP contribution in [0.5, 0.6) is 0 Å². The summed E-state index contributed by atoms with van der Waals surface area (Å²) >= 11 is 6.01. The quantitative estimate of drug-likeness (QED) is 0.463. The standard InChI is InChI=1S/C26H28ClFN2O/c1-17-4-9-20(10-5-17)25(26(31)29-3)30-24(21-11-14-23(28)18(2)16-21)15-8-19-6-12-22(27)13-7-19/h4-7,9-14,16,24-25,30H,8,15H2,1-3H3,(H,29,31)/t24-,25+/m1/s1. The zero-order valence-corrected chi connectivity index (χ0v) is 18.8. The number of hydrogen-bond donors (Lipinski definition) is 2. The summed E-state index contributed by atoms with van der Waals surface area (Å²) in [6.07, 6.45) is 1.53. The lowest BCUT2D eigenvalue weighted by molar-refractivity contribution is -0.123. The number of aryl methyl sites for hydroxylation is 3. The van der Waals surface area contributed by atoms with E-state index in [1.165, 1.54) is 6.07 Å². The van der Waals surface area contributed by atoms with Crippen LogP contribution >= 0.6 is 11.6 Å². The van der Waals surface area contributed by atoms with Gasteiger partial charge < -0.3 is 5.32 Å². The lowest BCUT2D eigenvalue weighted by Crippen LogP contribution is -2.38. The third-order valence-electron chi connectivity index (χ3n) is 5.51. The maximum Gasteiger partial charge on any atom is 0.241 e. The van der Waals surface area contributed by atoms with E-state index in [1.54, 1.807) is 20.0 Å². The molecule has 0 aliphatic rings. The number of nitrogens with one attached hydrogen (secondary N) is 2. The summed E-state index contributed by atoms with van der Waals surface area (Å²) in [6.45, 7) is 3.77. The molecule has 0 unspecified atom stereocenters. The van der Waals surface area contributed by atoms with Gasteiger partial charge in [-0.15, -0.1) is 0 Å². The van der Waals surface area contributed by atoms with E-state index in [1.807, 2.05) is 61.5 Å². The van der Waals surface area contributed by atoms with E-state index in [2.05, 4.69) is 10.6 Å². The van der Waals surface area contributed by atoms with E-state index in [-0.39, 0.29) is 17.8 Å². The van der Waals surface area contributed by atoms with Crippen molar-refractivity contribution < 1.29 is 9.18 Å². The highest BCUT2D eigenvalue weighted by Gasteiger charge is 2.24. The van der Waals surface area contributed by atoms with Crippen molar-refractivity contribution in [3.05, 3.63) is 105 Å². The van der Waals surface area contributed by atoms with Crippen LogP contribution in [0.3, 0.4) is 0 Å². The molecule has 1 amide bonds. The summed E-state index contributed by atoms with van der Waals surface area (Å²) in [4.78, 5) is 12.7. The minimum absolute atomic E-state index is 0.112. The van der Waals surface area contributed by atoms with Gasteiger partial charge in [0, 0.05) is 18.1 Å². The first-order chi connectivity index (χ1) is 14.9. The highest BCUT2D eigenvalue weighted by atomic mass is 35.5. The SMILES string of the molecule is CNC(=O)[C@@H](N[C@H](CCc1ccc(Cl)cc1)c1ccc(F)c(C)c1)c1ccc(C)cc1. The minimum atomic E-state index is -0.522. The molecule has 3 aromatic rings. The van der Waals surface area contributed by atoms with Gasteiger partial charge >= 0.3 is 0 Å². The monoisotopic (exact) mass is 438 g/mol. The maximum atomic E-state index is 13.9. The molecule has 0 radical (unpaired) electrons. The molecule has 0 aliphatic heterocycles. The Hall–Kier alpha value is -2.69. The van der Waals surface area contributed by atoms with Crippen molar-refractivity contribution in [2.24, 2.45) is 0 Å². The summed E-state index contributed by atoms with van der Waals surface area (Å²) in [5, 5.41) is 6.98. The van der Waals surface area contributed by atoms with E-state index < -0.39 is 6.04 Å². The molecular formula is C26H28ClFN2O. The topological polar surface area (TPSA) is 41.1 Å². The second-order valence-electron chi connectivity index (χ2n) is 7.85. The van der Waals surface area contributed by atoms with Crippen LogP contribution in [0, 0.1) is 19.7 Å². The molecule has 5 heteroatoms. The highest BCUT2D eigenvalue weighted by molar-refractivity contribution is 6.30. The number of benzene rings is 3. The molecule has 0 saturated carbocycles. The van der Waals surface area contributed by atoms with Gasteiger partial charge in [-0.1, -0.05) is 65.7 Å². The van der Waals surface area contributed by atoms with Crippen LogP contribution in [0.1, 0.15) is 46.3 Å². The van der Waals surface area contributed by atoms with Gasteiger partial charge in [0.15, 0.2) is 0 Å². The second-order valence-corrected chi connectivity index (χ2v) is 8.29. The van der Waals surface area contributed by atoms with Crippen molar-refractivity contribution in [2.45, 2.75) is 38.8 Å². The predicted molar refractivity (Wildman–Crippen MR) is 125 cm³/mol. The van der Waals surface area contributed by atoms with Crippen LogP contribution in [-0.2, 0) is 11.2 Å². The molecule has 3 aromatic carbocycles. The van der Waals surface area contributed by atoms with Crippen molar-refractivity contribution >= 4 is 17.5 Å². The summed E-state index contributed by atoms with van der Waals surface area (Å²) in [5.74, 6) is -0.347. The zero-order valence-electron chi connectivity index (χ0n) is 18.1. The molecule has 2 atom stereocenters. The first-order valence-corrected chi connectivity index (χ1v) is 10.8. The summed E-state index contributed by atoms with van der Waals surface area (Å²) < 4.78 is 13.9. The maximum absolute atomic E-state index is 13.9. The molecule has 0 heterocycles. The Kier molecular flexibility index (Phi) is 7.83. The summed E-state index contributed by atoms with van der Waals surface area (Å²) in [7, 11) is 1.63. The molecule has 162 valence electrons. The fourth-order valence-corrected chi connectivity index (χ4v) is 3.75. The molecule has 0 fully saturated rings. The Bertz CT molecular complexity index is 1020. The number of hydrogen-bond acceptors (Lipinski definition) is 2. The number of likely N-dealkylation sites (N-methyl/N-ethyl adjacent to an activating group) is 1. The molecular weight excluding hydrogens is 411 g/mol. The van der Waals surface area contributed by atoms with Gasteiger partial charge in [-0.2, -0.15) is 0 Å². The fourth-order valence-electron chi connectivity index (χ4n) is 3.62. The lowest BCUT2D eigenvalue weighted by atomic mass is 9.95. The van der Waals surface area contributed by atoms with Crippen molar-refractivity contribution in [2.75, 3.05) is 7.05 Å². The molecule has 0 saturated heterocycles. The molecule has 0 spiro atoms. The predicted octanol–water partition coefficient (Wildman–Crippen LogP) is 5.85.